The van der Waals surface area contributed by atoms with E-state index in [1.165, 1.54) is 0 Å². The maximum Gasteiger partial charge on any atom is 0.186 e. The van der Waals surface area contributed by atoms with Gasteiger partial charge in [-0.3, -0.25) is 0 Å². The maximum atomic E-state index is 9.54. The van der Waals surface area contributed by atoms with Gasteiger partial charge >= 0.3 is 0 Å². The van der Waals surface area contributed by atoms with E-state index in [1.807, 2.05) is 0 Å². The molecule has 0 bridgehead atoms. The number of ether oxygens (including phenoxy) is 2. The molecule has 6 nitrogen and oxygen atoms in total. The van der Waals surface area contributed by atoms with Gasteiger partial charge in [0.1, 0.15) is 24.4 Å². The number of hydrogen-bond acceptors (Lipinski definition) is 8. The highest BCUT2D eigenvalue weighted by Gasteiger charge is 2.43. The molecule has 96 valence electrons. The van der Waals surface area contributed by atoms with Crippen molar-refractivity contribution in [3.05, 3.63) is 0 Å². The minimum atomic E-state index is -1.42. The van der Waals surface area contributed by atoms with Crippen molar-refractivity contribution in [1.82, 2.24) is 0 Å². The molecule has 0 saturated carbocycles. The lowest BCUT2D eigenvalue weighted by Crippen LogP contribution is -2.59. The Morgan fingerprint density at radius 3 is 2.25 bits per heavy atom. The lowest BCUT2D eigenvalue weighted by atomic mass is 9.99. The van der Waals surface area contributed by atoms with E-state index < -0.39 is 37.3 Å². The molecule has 1 rings (SSSR count). The van der Waals surface area contributed by atoms with E-state index in [4.69, 9.17) is 14.6 Å². The minimum Gasteiger partial charge on any atom is -0.394 e. The molecule has 0 aromatic heterocycles. The zero-order valence-electron chi connectivity index (χ0n) is 8.38. The first-order valence-electron chi connectivity index (χ1n) is 4.75. The van der Waals surface area contributed by atoms with Crippen LogP contribution < -0.4 is 0 Å². The average Bonchev–Trinajstić information content (AvgIpc) is 2.25. The molecule has 16 heavy (non-hydrogen) atoms. The molecule has 1 heterocycles. The van der Waals surface area contributed by atoms with Gasteiger partial charge in [-0.15, -0.1) is 0 Å². The van der Waals surface area contributed by atoms with Crippen molar-refractivity contribution >= 4 is 25.3 Å². The summed E-state index contributed by atoms with van der Waals surface area (Å²) in [6, 6.07) is 0. The van der Waals surface area contributed by atoms with E-state index in [0.29, 0.717) is 0 Å². The highest BCUT2D eigenvalue weighted by Crippen LogP contribution is 2.22. The van der Waals surface area contributed by atoms with Crippen molar-refractivity contribution in [2.75, 3.05) is 13.2 Å². The van der Waals surface area contributed by atoms with Crippen LogP contribution >= 0.6 is 25.3 Å². The normalized spacial score (nSPS) is 40.3. The van der Waals surface area contributed by atoms with Crippen molar-refractivity contribution in [2.45, 2.75) is 35.3 Å². The Morgan fingerprint density at radius 2 is 1.75 bits per heavy atom. The lowest BCUT2D eigenvalue weighted by Gasteiger charge is -2.39. The average molecular weight is 272 g/mol. The molecule has 0 aromatic rings. The van der Waals surface area contributed by atoms with Gasteiger partial charge in [0, 0.05) is 0 Å². The third-order valence-electron chi connectivity index (χ3n) is 2.26. The SMILES string of the molecule is OC[C@H]1O[C@H](OCC(S)S)[C@H](O)[C@@H](O)[C@@H]1O. The van der Waals surface area contributed by atoms with Crippen molar-refractivity contribution in [2.24, 2.45) is 0 Å². The number of thiol groups is 2. The summed E-state index contributed by atoms with van der Waals surface area (Å²) >= 11 is 7.91. The van der Waals surface area contributed by atoms with Crippen LogP contribution in [0.1, 0.15) is 0 Å². The molecule has 1 fully saturated rings. The monoisotopic (exact) mass is 272 g/mol. The number of aliphatic hydroxyl groups excluding tert-OH is 4. The third-order valence-corrected chi connectivity index (χ3v) is 2.56. The number of hydrogen-bond donors (Lipinski definition) is 6. The summed E-state index contributed by atoms with van der Waals surface area (Å²) in [6.45, 7) is -0.384. The van der Waals surface area contributed by atoms with Crippen molar-refractivity contribution < 1.29 is 29.9 Å². The van der Waals surface area contributed by atoms with Gasteiger partial charge in [-0.1, -0.05) is 0 Å². The standard InChI is InChI=1S/C8H16O6S2/c9-1-3-5(10)6(11)7(12)8(14-3)13-2-4(15)16/h3-12,15-16H,1-2H2/t3-,5-,6+,7-,8+/m1/s1. The van der Waals surface area contributed by atoms with Crippen molar-refractivity contribution in [3.63, 3.8) is 0 Å². The largest absolute Gasteiger partial charge is 0.394 e. The van der Waals surface area contributed by atoms with Crippen LogP contribution in [0.15, 0.2) is 0 Å². The second kappa shape index (κ2) is 6.41. The smallest absolute Gasteiger partial charge is 0.186 e. The van der Waals surface area contributed by atoms with E-state index >= 15 is 0 Å². The molecule has 0 aliphatic carbocycles. The second-order valence-electron chi connectivity index (χ2n) is 3.51. The van der Waals surface area contributed by atoms with E-state index in [2.05, 4.69) is 25.3 Å². The van der Waals surface area contributed by atoms with E-state index in [1.54, 1.807) is 0 Å². The second-order valence-corrected chi connectivity index (χ2v) is 5.17. The fourth-order valence-electron chi connectivity index (χ4n) is 1.39. The Balaban J connectivity index is 2.56. The fraction of sp³-hybridized carbons (Fsp3) is 1.00. The van der Waals surface area contributed by atoms with Gasteiger partial charge < -0.3 is 29.9 Å². The zero-order valence-corrected chi connectivity index (χ0v) is 10.2. The quantitative estimate of drug-likeness (QED) is 0.261. The van der Waals surface area contributed by atoms with Gasteiger partial charge in [-0.25, -0.2) is 0 Å². The Bertz CT molecular complexity index is 215. The molecule has 0 aromatic carbocycles. The van der Waals surface area contributed by atoms with E-state index in [-0.39, 0.29) is 11.2 Å². The molecule has 5 atom stereocenters. The van der Waals surface area contributed by atoms with Crippen LogP contribution in [-0.4, -0.2) is 68.9 Å². The van der Waals surface area contributed by atoms with Crippen molar-refractivity contribution in [1.29, 1.82) is 0 Å². The van der Waals surface area contributed by atoms with Crippen molar-refractivity contribution in [3.8, 4) is 0 Å². The van der Waals surface area contributed by atoms with Gasteiger partial charge in [0.25, 0.3) is 0 Å². The molecule has 4 N–H and O–H groups in total. The molecule has 8 heteroatoms. The number of rotatable bonds is 4. The van der Waals surface area contributed by atoms with Crippen LogP contribution in [0.25, 0.3) is 0 Å². The van der Waals surface area contributed by atoms with Crippen LogP contribution in [0, 0.1) is 0 Å². The molecular formula is C8H16O6S2. The molecule has 0 amide bonds. The summed E-state index contributed by atoms with van der Waals surface area (Å²) in [7, 11) is 0. The maximum absolute atomic E-state index is 9.54. The first kappa shape index (κ1) is 14.5. The summed E-state index contributed by atoms with van der Waals surface area (Å²) in [6.07, 6.45) is -6.24. The first-order chi connectivity index (χ1) is 7.47. The highest BCUT2D eigenvalue weighted by molar-refractivity contribution is 7.99. The summed E-state index contributed by atoms with van der Waals surface area (Å²) in [4.78, 5) is 0. The Labute approximate surface area is 104 Å². The topological polar surface area (TPSA) is 99.4 Å². The molecule has 0 unspecified atom stereocenters. The van der Waals surface area contributed by atoms with E-state index in [9.17, 15) is 15.3 Å². The molecule has 0 radical (unpaired) electrons. The van der Waals surface area contributed by atoms with Gasteiger partial charge in [0.2, 0.25) is 0 Å². The first-order valence-corrected chi connectivity index (χ1v) is 5.79. The predicted octanol–water partition coefficient (Wildman–Crippen LogP) is -2.01. The fourth-order valence-corrected chi connectivity index (χ4v) is 1.56. The van der Waals surface area contributed by atoms with E-state index in [0.717, 1.165) is 0 Å². The molecular weight excluding hydrogens is 256 g/mol. The van der Waals surface area contributed by atoms with Gasteiger partial charge in [0.15, 0.2) is 6.29 Å². The molecule has 1 saturated heterocycles. The summed E-state index contributed by atoms with van der Waals surface area (Å²) < 4.78 is 9.83. The molecule has 1 aliphatic heterocycles. The van der Waals surface area contributed by atoms with Gasteiger partial charge in [-0.05, 0) is 0 Å². The summed E-state index contributed by atoms with van der Waals surface area (Å²) in [5.74, 6) is 0. The minimum absolute atomic E-state index is 0.0922. The Kier molecular flexibility index (Phi) is 5.82. The van der Waals surface area contributed by atoms with Crippen LogP contribution in [0.5, 0.6) is 0 Å². The zero-order chi connectivity index (χ0) is 12.3. The van der Waals surface area contributed by atoms with Gasteiger partial charge in [-0.2, -0.15) is 25.3 Å². The van der Waals surface area contributed by atoms with Crippen LogP contribution in [0.2, 0.25) is 0 Å². The van der Waals surface area contributed by atoms with Crippen LogP contribution in [-0.2, 0) is 9.47 Å². The third kappa shape index (κ3) is 3.47. The van der Waals surface area contributed by atoms with Gasteiger partial charge in [0.05, 0.1) is 17.8 Å². The Hall–Kier alpha value is 0.460. The predicted molar refractivity (Wildman–Crippen MR) is 61.5 cm³/mol. The number of aliphatic hydroxyl groups is 4. The summed E-state index contributed by atoms with van der Waals surface area (Å²) in [5.41, 5.74) is 0. The van der Waals surface area contributed by atoms with Crippen LogP contribution in [0.3, 0.4) is 0 Å². The lowest BCUT2D eigenvalue weighted by molar-refractivity contribution is -0.300. The van der Waals surface area contributed by atoms with Crippen LogP contribution in [0.4, 0.5) is 0 Å². The molecule has 1 aliphatic rings. The summed E-state index contributed by atoms with van der Waals surface area (Å²) in [5, 5.41) is 37.3. The highest BCUT2D eigenvalue weighted by atomic mass is 32.2. The molecule has 0 spiro atoms. The Morgan fingerprint density at radius 1 is 1.12 bits per heavy atom.